The molecule has 2 N–H and O–H groups in total. The lowest BCUT2D eigenvalue weighted by Crippen LogP contribution is -1.99. The van der Waals surface area contributed by atoms with Gasteiger partial charge in [-0.3, -0.25) is 0 Å². The Labute approximate surface area is 91.3 Å². The highest BCUT2D eigenvalue weighted by Crippen LogP contribution is 2.19. The highest BCUT2D eigenvalue weighted by atomic mass is 35.5. The summed E-state index contributed by atoms with van der Waals surface area (Å²) in [7, 11) is 0. The van der Waals surface area contributed by atoms with Crippen molar-refractivity contribution in [3.05, 3.63) is 40.8 Å². The summed E-state index contributed by atoms with van der Waals surface area (Å²) in [6, 6.07) is 4.40. The van der Waals surface area contributed by atoms with E-state index in [9.17, 15) is 4.39 Å². The van der Waals surface area contributed by atoms with Gasteiger partial charge in [0.1, 0.15) is 17.3 Å². The van der Waals surface area contributed by atoms with Crippen molar-refractivity contribution >= 4 is 17.4 Å². The van der Waals surface area contributed by atoms with Gasteiger partial charge in [-0.2, -0.15) is 5.10 Å². The van der Waals surface area contributed by atoms with Gasteiger partial charge in [0.25, 0.3) is 0 Å². The number of nitrogens with two attached hydrogens (primary N) is 1. The summed E-state index contributed by atoms with van der Waals surface area (Å²) in [5.41, 5.74) is 6.72. The van der Waals surface area contributed by atoms with Crippen LogP contribution in [-0.2, 0) is 0 Å². The number of benzene rings is 1. The predicted molar refractivity (Wildman–Crippen MR) is 57.7 cm³/mol. The largest absolute Gasteiger partial charge is 0.382 e. The first-order chi connectivity index (χ1) is 7.08. The Morgan fingerprint density at radius 1 is 1.47 bits per heavy atom. The standard InChI is InChI=1S/C10H9ClFN3/c1-6-5-15(14-10(6)13)9-3-2-7(11)4-8(9)12/h2-5H,1H3,(H2,13,14). The van der Waals surface area contributed by atoms with Crippen molar-refractivity contribution in [2.45, 2.75) is 6.92 Å². The van der Waals surface area contributed by atoms with E-state index in [0.717, 1.165) is 5.56 Å². The average Bonchev–Trinajstić information content (AvgIpc) is 2.46. The molecule has 0 atom stereocenters. The number of anilines is 1. The Kier molecular flexibility index (Phi) is 2.36. The molecule has 2 aromatic rings. The van der Waals surface area contributed by atoms with Gasteiger partial charge in [0.2, 0.25) is 0 Å². The molecule has 0 radical (unpaired) electrons. The summed E-state index contributed by atoms with van der Waals surface area (Å²) in [6.07, 6.45) is 1.67. The zero-order valence-corrected chi connectivity index (χ0v) is 8.79. The second-order valence-corrected chi connectivity index (χ2v) is 3.67. The second-order valence-electron chi connectivity index (χ2n) is 3.24. The summed E-state index contributed by atoms with van der Waals surface area (Å²) in [4.78, 5) is 0. The van der Waals surface area contributed by atoms with Crippen LogP contribution in [0.5, 0.6) is 0 Å². The molecule has 5 heteroatoms. The van der Waals surface area contributed by atoms with Gasteiger partial charge < -0.3 is 5.73 Å². The van der Waals surface area contributed by atoms with Crippen LogP contribution in [-0.4, -0.2) is 9.78 Å². The van der Waals surface area contributed by atoms with Crippen LogP contribution in [0.15, 0.2) is 24.4 Å². The Bertz CT molecular complexity index is 488. The molecular formula is C10H9ClFN3. The van der Waals surface area contributed by atoms with Crippen molar-refractivity contribution in [2.75, 3.05) is 5.73 Å². The molecule has 0 spiro atoms. The average molecular weight is 226 g/mol. The zero-order chi connectivity index (χ0) is 11.0. The lowest BCUT2D eigenvalue weighted by molar-refractivity contribution is 0.611. The van der Waals surface area contributed by atoms with E-state index >= 15 is 0 Å². The quantitative estimate of drug-likeness (QED) is 0.811. The van der Waals surface area contributed by atoms with Crippen LogP contribution in [0, 0.1) is 12.7 Å². The van der Waals surface area contributed by atoms with E-state index in [4.69, 9.17) is 17.3 Å². The van der Waals surface area contributed by atoms with Crippen molar-refractivity contribution in [3.63, 3.8) is 0 Å². The van der Waals surface area contributed by atoms with Crippen LogP contribution < -0.4 is 5.73 Å². The first kappa shape index (κ1) is 9.98. The van der Waals surface area contributed by atoms with Gasteiger partial charge in [0.05, 0.1) is 0 Å². The molecule has 0 unspecified atom stereocenters. The van der Waals surface area contributed by atoms with E-state index in [0.29, 0.717) is 16.5 Å². The predicted octanol–water partition coefficient (Wildman–Crippen LogP) is 2.56. The van der Waals surface area contributed by atoms with Gasteiger partial charge in [0.15, 0.2) is 0 Å². The molecule has 0 aliphatic rings. The molecule has 0 fully saturated rings. The first-order valence-electron chi connectivity index (χ1n) is 4.35. The maximum Gasteiger partial charge on any atom is 0.150 e. The number of rotatable bonds is 1. The fourth-order valence-corrected chi connectivity index (χ4v) is 1.42. The maximum atomic E-state index is 13.5. The van der Waals surface area contributed by atoms with E-state index in [2.05, 4.69) is 5.10 Å². The Balaban J connectivity index is 2.54. The van der Waals surface area contributed by atoms with Gasteiger partial charge in [-0.1, -0.05) is 11.6 Å². The maximum absolute atomic E-state index is 13.5. The molecule has 0 saturated carbocycles. The highest BCUT2D eigenvalue weighted by Gasteiger charge is 2.08. The number of nitrogen functional groups attached to an aromatic ring is 1. The molecule has 0 amide bonds. The van der Waals surface area contributed by atoms with E-state index < -0.39 is 5.82 Å². The molecular weight excluding hydrogens is 217 g/mol. The van der Waals surface area contributed by atoms with Gasteiger partial charge >= 0.3 is 0 Å². The lowest BCUT2D eigenvalue weighted by Gasteiger charge is -2.02. The number of aryl methyl sites for hydroxylation is 1. The summed E-state index contributed by atoms with van der Waals surface area (Å²) in [6.45, 7) is 1.81. The molecule has 78 valence electrons. The molecule has 0 saturated heterocycles. The summed E-state index contributed by atoms with van der Waals surface area (Å²) in [5.74, 6) is -0.0330. The summed E-state index contributed by atoms with van der Waals surface area (Å²) in [5, 5.41) is 4.34. The Morgan fingerprint density at radius 3 is 2.73 bits per heavy atom. The fourth-order valence-electron chi connectivity index (χ4n) is 1.26. The normalized spacial score (nSPS) is 10.6. The molecule has 15 heavy (non-hydrogen) atoms. The monoisotopic (exact) mass is 225 g/mol. The second kappa shape index (κ2) is 3.55. The minimum atomic E-state index is -0.426. The minimum absolute atomic E-state index is 0.333. The van der Waals surface area contributed by atoms with Crippen molar-refractivity contribution in [1.29, 1.82) is 0 Å². The Hall–Kier alpha value is -1.55. The van der Waals surface area contributed by atoms with Crippen LogP contribution in [0.4, 0.5) is 10.2 Å². The molecule has 0 bridgehead atoms. The topological polar surface area (TPSA) is 43.8 Å². The number of hydrogen-bond donors (Lipinski definition) is 1. The SMILES string of the molecule is Cc1cn(-c2ccc(Cl)cc2F)nc1N. The summed E-state index contributed by atoms with van der Waals surface area (Å²) >= 11 is 5.65. The van der Waals surface area contributed by atoms with Gasteiger partial charge in [-0.15, -0.1) is 0 Å². The number of aromatic nitrogens is 2. The number of nitrogens with zero attached hydrogens (tertiary/aromatic N) is 2. The van der Waals surface area contributed by atoms with Gasteiger partial charge in [-0.25, -0.2) is 9.07 Å². The van der Waals surface area contributed by atoms with E-state index in [1.807, 2.05) is 6.92 Å². The molecule has 0 aliphatic carbocycles. The summed E-state index contributed by atoms with van der Waals surface area (Å²) < 4.78 is 14.9. The van der Waals surface area contributed by atoms with Crippen molar-refractivity contribution in [2.24, 2.45) is 0 Å². The third kappa shape index (κ3) is 1.80. The molecule has 3 nitrogen and oxygen atoms in total. The van der Waals surface area contributed by atoms with Crippen LogP contribution in [0.2, 0.25) is 5.02 Å². The van der Waals surface area contributed by atoms with E-state index in [-0.39, 0.29) is 0 Å². The van der Waals surface area contributed by atoms with Crippen LogP contribution in [0.3, 0.4) is 0 Å². The van der Waals surface area contributed by atoms with Crippen molar-refractivity contribution in [3.8, 4) is 5.69 Å². The Morgan fingerprint density at radius 2 is 2.20 bits per heavy atom. The van der Waals surface area contributed by atoms with Crippen molar-refractivity contribution in [1.82, 2.24) is 9.78 Å². The van der Waals surface area contributed by atoms with E-state index in [1.165, 1.54) is 10.7 Å². The molecule has 1 aromatic carbocycles. The number of halogens is 2. The lowest BCUT2D eigenvalue weighted by atomic mass is 10.3. The molecule has 2 rings (SSSR count). The molecule has 1 heterocycles. The third-order valence-corrected chi connectivity index (χ3v) is 2.33. The third-order valence-electron chi connectivity index (χ3n) is 2.09. The van der Waals surface area contributed by atoms with Crippen LogP contribution >= 0.6 is 11.6 Å². The number of hydrogen-bond acceptors (Lipinski definition) is 2. The van der Waals surface area contributed by atoms with Gasteiger partial charge in [0, 0.05) is 16.8 Å². The first-order valence-corrected chi connectivity index (χ1v) is 4.73. The van der Waals surface area contributed by atoms with Gasteiger partial charge in [-0.05, 0) is 25.1 Å². The van der Waals surface area contributed by atoms with Crippen LogP contribution in [0.1, 0.15) is 5.56 Å². The highest BCUT2D eigenvalue weighted by molar-refractivity contribution is 6.30. The van der Waals surface area contributed by atoms with Crippen molar-refractivity contribution < 1.29 is 4.39 Å². The minimum Gasteiger partial charge on any atom is -0.382 e. The molecule has 0 aliphatic heterocycles. The molecule has 1 aromatic heterocycles. The smallest absolute Gasteiger partial charge is 0.150 e. The van der Waals surface area contributed by atoms with Crippen LogP contribution in [0.25, 0.3) is 5.69 Å². The zero-order valence-electron chi connectivity index (χ0n) is 8.04. The van der Waals surface area contributed by atoms with E-state index in [1.54, 1.807) is 18.3 Å². The fraction of sp³-hybridized carbons (Fsp3) is 0.100.